The molecule has 1 aliphatic heterocycles. The Labute approximate surface area is 157 Å². The van der Waals surface area contributed by atoms with Crippen molar-refractivity contribution in [1.29, 1.82) is 0 Å². The van der Waals surface area contributed by atoms with Crippen molar-refractivity contribution in [2.75, 3.05) is 24.5 Å². The van der Waals surface area contributed by atoms with E-state index in [1.165, 1.54) is 34.7 Å². The number of aryl methyl sites for hydroxylation is 1. The van der Waals surface area contributed by atoms with Gasteiger partial charge >= 0.3 is 5.76 Å². The summed E-state index contributed by atoms with van der Waals surface area (Å²) in [6.45, 7) is -0.376. The van der Waals surface area contributed by atoms with Gasteiger partial charge in [0.15, 0.2) is 11.4 Å². The zero-order valence-corrected chi connectivity index (χ0v) is 15.4. The highest BCUT2D eigenvalue weighted by Gasteiger charge is 2.34. The van der Waals surface area contributed by atoms with E-state index in [9.17, 15) is 22.4 Å². The van der Waals surface area contributed by atoms with Crippen molar-refractivity contribution in [1.82, 2.24) is 18.8 Å². The zero-order chi connectivity index (χ0) is 20.1. The Morgan fingerprint density at radius 1 is 1.14 bits per heavy atom. The Hall–Kier alpha value is -3.12. The van der Waals surface area contributed by atoms with Gasteiger partial charge in [-0.15, -0.1) is 0 Å². The molecule has 12 heteroatoms. The number of carbonyl (C=O) groups is 1. The van der Waals surface area contributed by atoms with Gasteiger partial charge in [0.05, 0.1) is 29.4 Å². The zero-order valence-electron chi connectivity index (χ0n) is 14.6. The van der Waals surface area contributed by atoms with Crippen LogP contribution in [0.1, 0.15) is 0 Å². The van der Waals surface area contributed by atoms with Gasteiger partial charge in [-0.3, -0.25) is 14.3 Å². The molecule has 10 nitrogen and oxygen atoms in total. The number of nitrogens with zero attached hydrogens (tertiary/aromatic N) is 5. The molecule has 3 heterocycles. The lowest BCUT2D eigenvalue weighted by Gasteiger charge is -2.32. The number of sulfonamides is 1. The van der Waals surface area contributed by atoms with Crippen molar-refractivity contribution in [3.8, 4) is 0 Å². The maximum atomic E-state index is 13.0. The Kier molecular flexibility index (Phi) is 4.23. The van der Waals surface area contributed by atoms with Crippen molar-refractivity contribution in [2.24, 2.45) is 7.05 Å². The minimum atomic E-state index is -3.98. The van der Waals surface area contributed by atoms with Gasteiger partial charge in [0, 0.05) is 20.1 Å². The summed E-state index contributed by atoms with van der Waals surface area (Å²) >= 11 is 0. The van der Waals surface area contributed by atoms with Gasteiger partial charge in [-0.1, -0.05) is 0 Å². The van der Waals surface area contributed by atoms with Gasteiger partial charge in [-0.25, -0.2) is 27.6 Å². The molecule has 0 spiro atoms. The van der Waals surface area contributed by atoms with E-state index in [1.807, 2.05) is 0 Å². The first-order chi connectivity index (χ1) is 13.3. The lowest BCUT2D eigenvalue weighted by Crippen LogP contribution is -2.52. The predicted octanol–water partition coefficient (Wildman–Crippen LogP) is 0.0981. The number of aromatic nitrogens is 3. The van der Waals surface area contributed by atoms with E-state index < -0.39 is 34.0 Å². The lowest BCUT2D eigenvalue weighted by atomic mass is 10.3. The molecule has 1 fully saturated rings. The lowest BCUT2D eigenvalue weighted by molar-refractivity contribution is -0.120. The van der Waals surface area contributed by atoms with Crippen molar-refractivity contribution in [3.63, 3.8) is 0 Å². The van der Waals surface area contributed by atoms with Crippen LogP contribution in [0.25, 0.3) is 11.1 Å². The Morgan fingerprint density at radius 3 is 2.54 bits per heavy atom. The number of rotatable bonds is 3. The van der Waals surface area contributed by atoms with Crippen LogP contribution < -0.4 is 10.7 Å². The summed E-state index contributed by atoms with van der Waals surface area (Å²) in [6.07, 6.45) is 1.87. The molecular formula is C16H14FN5O5S. The van der Waals surface area contributed by atoms with E-state index in [4.69, 9.17) is 4.42 Å². The molecule has 1 aliphatic rings. The van der Waals surface area contributed by atoms with Crippen LogP contribution in [0, 0.1) is 5.82 Å². The number of benzene rings is 1. The summed E-state index contributed by atoms with van der Waals surface area (Å²) in [4.78, 5) is 32.7. The first-order valence-corrected chi connectivity index (χ1v) is 9.59. The van der Waals surface area contributed by atoms with E-state index in [0.29, 0.717) is 5.52 Å². The van der Waals surface area contributed by atoms with E-state index in [2.05, 4.69) is 9.97 Å². The number of anilines is 1. The third-order valence-corrected chi connectivity index (χ3v) is 6.28. The topological polar surface area (TPSA) is 119 Å². The van der Waals surface area contributed by atoms with Gasteiger partial charge in [0.25, 0.3) is 0 Å². The van der Waals surface area contributed by atoms with Gasteiger partial charge < -0.3 is 4.42 Å². The molecule has 1 amide bonds. The SMILES string of the molecule is Cn1c(=O)oc2ccc(S(=O)(=O)N3CCN(c4ncc(F)cn4)C(=O)C3)cc21. The number of hydrogen-bond donors (Lipinski definition) is 0. The molecule has 0 N–H and O–H groups in total. The molecule has 2 aromatic heterocycles. The molecule has 0 saturated carbocycles. The van der Waals surface area contributed by atoms with Gasteiger partial charge in [0.1, 0.15) is 0 Å². The van der Waals surface area contributed by atoms with Crippen LogP contribution in [-0.2, 0) is 21.9 Å². The fraction of sp³-hybridized carbons (Fsp3) is 0.250. The van der Waals surface area contributed by atoms with Crippen LogP contribution in [-0.4, -0.2) is 52.8 Å². The first-order valence-electron chi connectivity index (χ1n) is 8.15. The minimum Gasteiger partial charge on any atom is -0.408 e. The Morgan fingerprint density at radius 2 is 1.86 bits per heavy atom. The highest BCUT2D eigenvalue weighted by atomic mass is 32.2. The van der Waals surface area contributed by atoms with E-state index in [0.717, 1.165) is 16.7 Å². The average Bonchev–Trinajstić information content (AvgIpc) is 2.96. The number of amides is 1. The maximum absolute atomic E-state index is 13.0. The van der Waals surface area contributed by atoms with Crippen LogP contribution in [0.15, 0.2) is 44.7 Å². The number of carbonyl (C=O) groups excluding carboxylic acids is 1. The highest BCUT2D eigenvalue weighted by Crippen LogP contribution is 2.23. The van der Waals surface area contributed by atoms with Crippen molar-refractivity contribution in [3.05, 3.63) is 47.0 Å². The van der Waals surface area contributed by atoms with Crippen LogP contribution in [0.2, 0.25) is 0 Å². The van der Waals surface area contributed by atoms with Crippen molar-refractivity contribution < 1.29 is 22.0 Å². The molecule has 28 heavy (non-hydrogen) atoms. The molecule has 4 rings (SSSR count). The molecule has 1 aromatic carbocycles. The normalized spacial score (nSPS) is 16.1. The van der Waals surface area contributed by atoms with Crippen LogP contribution >= 0.6 is 0 Å². The van der Waals surface area contributed by atoms with E-state index in [-0.39, 0.29) is 29.5 Å². The average molecular weight is 407 g/mol. The van der Waals surface area contributed by atoms with Crippen molar-refractivity contribution in [2.45, 2.75) is 4.90 Å². The number of hydrogen-bond acceptors (Lipinski definition) is 7. The first kappa shape index (κ1) is 18.3. The fourth-order valence-corrected chi connectivity index (χ4v) is 4.33. The molecule has 0 atom stereocenters. The second-order valence-electron chi connectivity index (χ2n) is 6.14. The Balaban J connectivity index is 1.61. The standard InChI is InChI=1S/C16H14FN5O5S/c1-20-12-6-11(2-3-13(12)27-16(20)24)28(25,26)21-4-5-22(14(23)9-21)15-18-7-10(17)8-19-15/h2-3,6-8H,4-5,9H2,1H3. The second-order valence-corrected chi connectivity index (χ2v) is 8.08. The summed E-state index contributed by atoms with van der Waals surface area (Å²) in [5.74, 6) is -1.76. The second kappa shape index (κ2) is 6.49. The number of oxazole rings is 1. The van der Waals surface area contributed by atoms with Crippen LogP contribution in [0.5, 0.6) is 0 Å². The highest BCUT2D eigenvalue weighted by molar-refractivity contribution is 7.89. The van der Waals surface area contributed by atoms with Gasteiger partial charge in [-0.2, -0.15) is 4.31 Å². The molecule has 0 bridgehead atoms. The Bertz CT molecular complexity index is 1230. The molecular weight excluding hydrogens is 393 g/mol. The van der Waals surface area contributed by atoms with E-state index >= 15 is 0 Å². The largest absolute Gasteiger partial charge is 0.419 e. The molecule has 0 aliphatic carbocycles. The molecule has 146 valence electrons. The summed E-state index contributed by atoms with van der Waals surface area (Å²) in [7, 11) is -2.51. The summed E-state index contributed by atoms with van der Waals surface area (Å²) in [6, 6.07) is 4.05. The number of piperazine rings is 1. The summed E-state index contributed by atoms with van der Waals surface area (Å²) in [5.41, 5.74) is 0.594. The summed E-state index contributed by atoms with van der Waals surface area (Å²) < 4.78 is 46.1. The van der Waals surface area contributed by atoms with Gasteiger partial charge in [-0.05, 0) is 18.2 Å². The van der Waals surface area contributed by atoms with Crippen LogP contribution in [0.3, 0.4) is 0 Å². The molecule has 3 aromatic rings. The molecule has 1 saturated heterocycles. The number of halogens is 1. The predicted molar refractivity (Wildman–Crippen MR) is 94.6 cm³/mol. The van der Waals surface area contributed by atoms with E-state index in [1.54, 1.807) is 0 Å². The summed E-state index contributed by atoms with van der Waals surface area (Å²) in [5, 5.41) is 0. The molecule has 0 radical (unpaired) electrons. The number of fused-ring (bicyclic) bond motifs is 1. The smallest absolute Gasteiger partial charge is 0.408 e. The van der Waals surface area contributed by atoms with Gasteiger partial charge in [0.2, 0.25) is 21.9 Å². The monoisotopic (exact) mass is 407 g/mol. The maximum Gasteiger partial charge on any atom is 0.419 e. The molecule has 0 unspecified atom stereocenters. The fourth-order valence-electron chi connectivity index (χ4n) is 2.93. The third-order valence-electron chi connectivity index (χ3n) is 4.43. The quantitative estimate of drug-likeness (QED) is 0.604. The minimum absolute atomic E-state index is 0.0111. The van der Waals surface area contributed by atoms with Crippen molar-refractivity contribution >= 4 is 33.0 Å². The third kappa shape index (κ3) is 2.96. The van der Waals surface area contributed by atoms with Crippen LogP contribution in [0.4, 0.5) is 10.3 Å².